The number of carbonyl (C=O) groups is 3. The zero-order chi connectivity index (χ0) is 21.3. The van der Waals surface area contributed by atoms with Crippen molar-refractivity contribution in [1.82, 2.24) is 4.90 Å². The van der Waals surface area contributed by atoms with Crippen LogP contribution in [0, 0.1) is 0 Å². The number of nitrogens with zero attached hydrogens (tertiary/aromatic N) is 2. The lowest BCUT2D eigenvalue weighted by Crippen LogP contribution is -2.43. The molecule has 5 heteroatoms. The van der Waals surface area contributed by atoms with E-state index < -0.39 is 5.54 Å². The topological polar surface area (TPSA) is 57.7 Å². The Hall–Kier alpha value is -3.73. The number of amides is 3. The normalized spacial score (nSPS) is 15.5. The van der Waals surface area contributed by atoms with Crippen LogP contribution in [0.2, 0.25) is 0 Å². The van der Waals surface area contributed by atoms with Gasteiger partial charge < -0.3 is 4.90 Å². The van der Waals surface area contributed by atoms with E-state index in [1.54, 1.807) is 55.1 Å². The van der Waals surface area contributed by atoms with E-state index in [0.29, 0.717) is 23.4 Å². The SMILES string of the molecule is CC1(C)C(=O)N(c2ccc(C(=O)c3ccccc3)cc2)C(=O)N1Cc1ccccc1. The number of anilines is 1. The second kappa shape index (κ2) is 7.59. The van der Waals surface area contributed by atoms with Crippen LogP contribution in [0.3, 0.4) is 0 Å². The highest BCUT2D eigenvalue weighted by Crippen LogP contribution is 2.33. The number of urea groups is 1. The summed E-state index contributed by atoms with van der Waals surface area (Å²) < 4.78 is 0. The quantitative estimate of drug-likeness (QED) is 0.464. The Morgan fingerprint density at radius 1 is 0.767 bits per heavy atom. The number of rotatable bonds is 5. The first kappa shape index (κ1) is 19.6. The van der Waals surface area contributed by atoms with E-state index in [0.717, 1.165) is 5.56 Å². The summed E-state index contributed by atoms with van der Waals surface area (Å²) in [6.07, 6.45) is 0. The molecule has 150 valence electrons. The van der Waals surface area contributed by atoms with Gasteiger partial charge in [0.1, 0.15) is 5.54 Å². The third kappa shape index (κ3) is 3.39. The number of ketones is 1. The standard InChI is InChI=1S/C25H22N2O3/c1-25(2)23(29)27(24(30)26(25)17-18-9-5-3-6-10-18)21-15-13-20(14-16-21)22(28)19-11-7-4-8-12-19/h3-16H,17H2,1-2H3. The molecule has 1 aliphatic rings. The highest BCUT2D eigenvalue weighted by molar-refractivity contribution is 6.23. The van der Waals surface area contributed by atoms with Gasteiger partial charge >= 0.3 is 6.03 Å². The summed E-state index contributed by atoms with van der Waals surface area (Å²) in [5.74, 6) is -0.391. The summed E-state index contributed by atoms with van der Waals surface area (Å²) in [4.78, 5) is 41.6. The van der Waals surface area contributed by atoms with E-state index in [-0.39, 0.29) is 17.7 Å². The van der Waals surface area contributed by atoms with Gasteiger partial charge in [-0.15, -0.1) is 0 Å². The molecule has 1 fully saturated rings. The van der Waals surface area contributed by atoms with Gasteiger partial charge in [0.25, 0.3) is 5.91 Å². The van der Waals surface area contributed by atoms with Gasteiger partial charge in [-0.1, -0.05) is 60.7 Å². The maximum atomic E-state index is 13.1. The van der Waals surface area contributed by atoms with Crippen LogP contribution in [0.1, 0.15) is 35.3 Å². The van der Waals surface area contributed by atoms with E-state index in [2.05, 4.69) is 0 Å². The van der Waals surface area contributed by atoms with Gasteiger partial charge in [-0.05, 0) is 43.7 Å². The molecule has 0 radical (unpaired) electrons. The van der Waals surface area contributed by atoms with Crippen LogP contribution in [-0.2, 0) is 11.3 Å². The van der Waals surface area contributed by atoms with Crippen LogP contribution in [-0.4, -0.2) is 28.2 Å². The molecule has 0 unspecified atom stereocenters. The minimum atomic E-state index is -0.967. The molecule has 5 nitrogen and oxygen atoms in total. The first-order valence-electron chi connectivity index (χ1n) is 9.79. The summed E-state index contributed by atoms with van der Waals surface area (Å²) in [6.45, 7) is 3.85. The van der Waals surface area contributed by atoms with Crippen molar-refractivity contribution in [1.29, 1.82) is 0 Å². The minimum absolute atomic E-state index is 0.104. The van der Waals surface area contributed by atoms with Crippen LogP contribution < -0.4 is 4.90 Å². The third-order valence-corrected chi connectivity index (χ3v) is 5.43. The van der Waals surface area contributed by atoms with E-state index in [4.69, 9.17) is 0 Å². The fraction of sp³-hybridized carbons (Fsp3) is 0.160. The van der Waals surface area contributed by atoms with E-state index in [9.17, 15) is 14.4 Å². The van der Waals surface area contributed by atoms with Crippen LogP contribution in [0.15, 0.2) is 84.9 Å². The summed E-state index contributed by atoms with van der Waals surface area (Å²) in [6, 6.07) is 24.8. The van der Waals surface area contributed by atoms with Crippen molar-refractivity contribution < 1.29 is 14.4 Å². The first-order chi connectivity index (χ1) is 14.4. The van der Waals surface area contributed by atoms with Crippen molar-refractivity contribution >= 4 is 23.4 Å². The minimum Gasteiger partial charge on any atom is -0.305 e. The molecule has 4 rings (SSSR count). The lowest BCUT2D eigenvalue weighted by molar-refractivity contribution is -0.123. The van der Waals surface area contributed by atoms with Crippen LogP contribution in [0.5, 0.6) is 0 Å². The van der Waals surface area contributed by atoms with Gasteiger partial charge in [0.05, 0.1) is 5.69 Å². The summed E-state index contributed by atoms with van der Waals surface area (Å²) >= 11 is 0. The zero-order valence-electron chi connectivity index (χ0n) is 16.9. The van der Waals surface area contributed by atoms with Gasteiger partial charge in [-0.3, -0.25) is 9.59 Å². The molecule has 0 spiro atoms. The molecule has 1 heterocycles. The Bertz CT molecular complexity index is 1090. The van der Waals surface area contributed by atoms with Crippen LogP contribution in [0.25, 0.3) is 0 Å². The van der Waals surface area contributed by atoms with Crippen molar-refractivity contribution in [2.45, 2.75) is 25.9 Å². The number of hydrogen-bond acceptors (Lipinski definition) is 3. The maximum absolute atomic E-state index is 13.1. The molecule has 0 aliphatic carbocycles. The second-order valence-corrected chi connectivity index (χ2v) is 7.80. The Kier molecular flexibility index (Phi) is 4.96. The predicted octanol–water partition coefficient (Wildman–Crippen LogP) is 4.67. The van der Waals surface area contributed by atoms with Crippen molar-refractivity contribution in [3.8, 4) is 0 Å². The molecule has 3 aromatic carbocycles. The second-order valence-electron chi connectivity index (χ2n) is 7.80. The Balaban J connectivity index is 1.60. The number of benzene rings is 3. The number of hydrogen-bond donors (Lipinski definition) is 0. The Morgan fingerprint density at radius 3 is 1.90 bits per heavy atom. The maximum Gasteiger partial charge on any atom is 0.332 e. The molecule has 3 aromatic rings. The van der Waals surface area contributed by atoms with Crippen LogP contribution >= 0.6 is 0 Å². The van der Waals surface area contributed by atoms with Gasteiger partial charge in [0, 0.05) is 17.7 Å². The number of carbonyl (C=O) groups excluding carboxylic acids is 3. The highest BCUT2D eigenvalue weighted by Gasteiger charge is 2.51. The predicted molar refractivity (Wildman–Crippen MR) is 115 cm³/mol. The van der Waals surface area contributed by atoms with Crippen molar-refractivity contribution in [3.05, 3.63) is 102 Å². The van der Waals surface area contributed by atoms with Gasteiger partial charge in [0.15, 0.2) is 5.78 Å². The molecule has 0 N–H and O–H groups in total. The average Bonchev–Trinajstić information content (AvgIpc) is 2.94. The lowest BCUT2D eigenvalue weighted by Gasteiger charge is -2.27. The molecular weight excluding hydrogens is 376 g/mol. The molecule has 0 saturated carbocycles. The molecule has 0 atom stereocenters. The van der Waals surface area contributed by atoms with Crippen molar-refractivity contribution in [3.63, 3.8) is 0 Å². The molecule has 0 bridgehead atoms. The molecule has 1 aliphatic heterocycles. The van der Waals surface area contributed by atoms with Crippen molar-refractivity contribution in [2.75, 3.05) is 4.90 Å². The largest absolute Gasteiger partial charge is 0.332 e. The van der Waals surface area contributed by atoms with E-state index >= 15 is 0 Å². The molecule has 3 amide bonds. The summed E-state index contributed by atoms with van der Waals surface area (Å²) in [7, 11) is 0. The summed E-state index contributed by atoms with van der Waals surface area (Å²) in [5, 5.41) is 0. The molecule has 30 heavy (non-hydrogen) atoms. The van der Waals surface area contributed by atoms with E-state index in [1.807, 2.05) is 48.5 Å². The Labute approximate surface area is 175 Å². The van der Waals surface area contributed by atoms with Crippen molar-refractivity contribution in [2.24, 2.45) is 0 Å². The first-order valence-corrected chi connectivity index (χ1v) is 9.79. The lowest BCUT2D eigenvalue weighted by atomic mass is 10.0. The average molecular weight is 398 g/mol. The molecule has 1 saturated heterocycles. The monoisotopic (exact) mass is 398 g/mol. The highest BCUT2D eigenvalue weighted by atomic mass is 16.2. The molecular formula is C25H22N2O3. The van der Waals surface area contributed by atoms with Gasteiger partial charge in [0.2, 0.25) is 0 Å². The fourth-order valence-corrected chi connectivity index (χ4v) is 3.61. The molecule has 0 aromatic heterocycles. The van der Waals surface area contributed by atoms with E-state index in [1.165, 1.54) is 4.90 Å². The van der Waals surface area contributed by atoms with Crippen LogP contribution in [0.4, 0.5) is 10.5 Å². The third-order valence-electron chi connectivity index (χ3n) is 5.43. The summed E-state index contributed by atoms with van der Waals surface area (Å²) in [5.41, 5.74) is 1.54. The fourth-order valence-electron chi connectivity index (χ4n) is 3.61. The van der Waals surface area contributed by atoms with Gasteiger partial charge in [-0.2, -0.15) is 0 Å². The zero-order valence-corrected chi connectivity index (χ0v) is 16.9. The Morgan fingerprint density at radius 2 is 1.30 bits per heavy atom. The number of imide groups is 1. The smallest absolute Gasteiger partial charge is 0.305 e. The van der Waals surface area contributed by atoms with Gasteiger partial charge in [-0.25, -0.2) is 9.69 Å².